The van der Waals surface area contributed by atoms with Gasteiger partial charge in [-0.2, -0.15) is 18.2 Å². The molecule has 0 radical (unpaired) electrons. The molecule has 2 amide bonds. The molecular weight excluding hydrogens is 429 g/mol. The molecule has 32 heavy (non-hydrogen) atoms. The first-order valence-corrected chi connectivity index (χ1v) is 9.60. The Hall–Kier alpha value is -3.67. The van der Waals surface area contributed by atoms with Crippen molar-refractivity contribution in [2.24, 2.45) is 0 Å². The Bertz CT molecular complexity index is 1010. The van der Waals surface area contributed by atoms with Gasteiger partial charge in [-0.3, -0.25) is 9.59 Å². The van der Waals surface area contributed by atoms with E-state index in [-0.39, 0.29) is 29.9 Å². The van der Waals surface area contributed by atoms with Gasteiger partial charge in [0.2, 0.25) is 17.8 Å². The molecule has 12 heteroatoms. The predicted octanol–water partition coefficient (Wildman–Crippen LogP) is 2.37. The van der Waals surface area contributed by atoms with Crippen LogP contribution in [-0.4, -0.2) is 57.5 Å². The van der Waals surface area contributed by atoms with Crippen LogP contribution in [0.25, 0.3) is 0 Å². The lowest BCUT2D eigenvalue weighted by atomic mass is 10.2. The van der Waals surface area contributed by atoms with Crippen molar-refractivity contribution >= 4 is 35.0 Å². The molecule has 0 bridgehead atoms. The molecule has 0 saturated carbocycles. The summed E-state index contributed by atoms with van der Waals surface area (Å²) in [7, 11) is 0. The van der Waals surface area contributed by atoms with Crippen LogP contribution in [0.1, 0.15) is 12.0 Å². The number of anilines is 4. The van der Waals surface area contributed by atoms with E-state index in [0.29, 0.717) is 19.2 Å². The molecule has 0 spiro atoms. The number of amides is 2. The zero-order chi connectivity index (χ0) is 23.3. The third-order valence-electron chi connectivity index (χ3n) is 4.73. The maximum atomic E-state index is 13.5. The number of hydrogen-bond acceptors (Lipinski definition) is 7. The van der Waals surface area contributed by atoms with Gasteiger partial charge in [0.1, 0.15) is 18.0 Å². The minimum absolute atomic E-state index is 0.0589. The number of aliphatic hydroxyl groups excluding tert-OH is 1. The normalized spacial score (nSPS) is 15.9. The van der Waals surface area contributed by atoms with Crippen molar-refractivity contribution in [3.05, 3.63) is 48.7 Å². The van der Waals surface area contributed by atoms with Crippen molar-refractivity contribution in [3.63, 3.8) is 0 Å². The van der Waals surface area contributed by atoms with Gasteiger partial charge in [-0.1, -0.05) is 18.7 Å². The van der Waals surface area contributed by atoms with Crippen LogP contribution in [0, 0.1) is 0 Å². The van der Waals surface area contributed by atoms with Gasteiger partial charge < -0.3 is 26.0 Å². The predicted molar refractivity (Wildman–Crippen MR) is 111 cm³/mol. The van der Waals surface area contributed by atoms with Crippen LogP contribution in [0.3, 0.4) is 0 Å². The first-order chi connectivity index (χ1) is 15.2. The summed E-state index contributed by atoms with van der Waals surface area (Å²) < 4.78 is 40.6. The largest absolute Gasteiger partial charge is 0.421 e. The highest BCUT2D eigenvalue weighted by Crippen LogP contribution is 2.36. The quantitative estimate of drug-likeness (QED) is 0.478. The number of aromatic nitrogens is 2. The van der Waals surface area contributed by atoms with Crippen LogP contribution in [0.4, 0.5) is 36.3 Å². The van der Waals surface area contributed by atoms with E-state index in [1.54, 1.807) is 12.1 Å². The number of para-hydroxylation sites is 2. The molecule has 1 fully saturated rings. The van der Waals surface area contributed by atoms with Gasteiger partial charge in [0.15, 0.2) is 0 Å². The lowest BCUT2D eigenvalue weighted by Gasteiger charge is -2.19. The van der Waals surface area contributed by atoms with Crippen molar-refractivity contribution in [1.82, 2.24) is 14.9 Å². The monoisotopic (exact) mass is 450 g/mol. The van der Waals surface area contributed by atoms with Gasteiger partial charge in [0, 0.05) is 25.3 Å². The Kier molecular flexibility index (Phi) is 6.93. The molecule has 1 aliphatic heterocycles. The number of aliphatic hydroxyl groups is 1. The zero-order valence-corrected chi connectivity index (χ0v) is 16.8. The van der Waals surface area contributed by atoms with Crippen molar-refractivity contribution in [1.29, 1.82) is 0 Å². The third kappa shape index (κ3) is 5.52. The molecule has 9 nitrogen and oxygen atoms in total. The van der Waals surface area contributed by atoms with Gasteiger partial charge in [-0.05, 0) is 24.6 Å². The summed E-state index contributed by atoms with van der Waals surface area (Å²) in [5, 5.41) is 17.0. The Morgan fingerprint density at radius 1 is 1.28 bits per heavy atom. The number of hydrogen-bond donors (Lipinski definition) is 4. The fourth-order valence-corrected chi connectivity index (χ4v) is 3.15. The van der Waals surface area contributed by atoms with Crippen molar-refractivity contribution in [2.45, 2.75) is 18.6 Å². The highest BCUT2D eigenvalue weighted by molar-refractivity contribution is 6.01. The Morgan fingerprint density at radius 2 is 2.00 bits per heavy atom. The van der Waals surface area contributed by atoms with Crippen LogP contribution in [-0.2, 0) is 15.8 Å². The molecule has 1 saturated heterocycles. The Balaban J connectivity index is 1.86. The summed E-state index contributed by atoms with van der Waals surface area (Å²) in [6.45, 7) is 3.41. The molecule has 1 aliphatic rings. The number of carbonyl (C=O) groups is 2. The highest BCUT2D eigenvalue weighted by Gasteiger charge is 2.36. The summed E-state index contributed by atoms with van der Waals surface area (Å²) in [6.07, 6.45) is -2.50. The minimum Gasteiger partial charge on any atom is -0.387 e. The maximum Gasteiger partial charge on any atom is 0.421 e. The van der Waals surface area contributed by atoms with Crippen molar-refractivity contribution < 1.29 is 27.9 Å². The summed E-state index contributed by atoms with van der Waals surface area (Å²) in [5.41, 5.74) is -0.651. The van der Waals surface area contributed by atoms with E-state index in [1.165, 1.54) is 17.0 Å². The number of alkyl halides is 3. The molecule has 0 aliphatic carbocycles. The van der Waals surface area contributed by atoms with Gasteiger partial charge in [0.05, 0.1) is 11.4 Å². The van der Waals surface area contributed by atoms with E-state index < -0.39 is 36.0 Å². The standard InChI is InChI=1S/C20H21F3N6O3/c1-2-16(31)26-14-5-3-4-6-15(14)27-18-13(20(21,22)23)9-24-19(28-18)25-12-7-8-29(10-12)17(32)11-30/h2-6,9,12,30H,1,7-8,10-11H2,(H,26,31)(H2,24,25,27,28)/t12-/m0/s1. The number of rotatable bonds is 7. The summed E-state index contributed by atoms with van der Waals surface area (Å²) in [4.78, 5) is 32.4. The topological polar surface area (TPSA) is 119 Å². The van der Waals surface area contributed by atoms with Gasteiger partial charge in [0.25, 0.3) is 0 Å². The summed E-state index contributed by atoms with van der Waals surface area (Å²) in [6, 6.07) is 5.92. The van der Waals surface area contributed by atoms with Gasteiger partial charge >= 0.3 is 6.18 Å². The molecule has 1 aromatic heterocycles. The number of nitrogens with zero attached hydrogens (tertiary/aromatic N) is 3. The number of halogens is 3. The summed E-state index contributed by atoms with van der Waals surface area (Å²) >= 11 is 0. The zero-order valence-electron chi connectivity index (χ0n) is 16.8. The molecule has 2 aromatic rings. The molecule has 2 heterocycles. The lowest BCUT2D eigenvalue weighted by molar-refractivity contribution is -0.137. The molecule has 4 N–H and O–H groups in total. The molecule has 1 aromatic carbocycles. The van der Waals surface area contributed by atoms with E-state index in [0.717, 1.165) is 6.08 Å². The average Bonchev–Trinajstić information content (AvgIpc) is 3.22. The lowest BCUT2D eigenvalue weighted by Crippen LogP contribution is -2.33. The minimum atomic E-state index is -4.72. The fraction of sp³-hybridized carbons (Fsp3) is 0.300. The van der Waals surface area contributed by atoms with Crippen molar-refractivity contribution in [2.75, 3.05) is 35.6 Å². The second kappa shape index (κ2) is 9.64. The maximum absolute atomic E-state index is 13.5. The van der Waals surface area contributed by atoms with E-state index in [4.69, 9.17) is 5.11 Å². The van der Waals surface area contributed by atoms with E-state index >= 15 is 0 Å². The number of likely N-dealkylation sites (tertiary alicyclic amines) is 1. The molecular formula is C20H21F3N6O3. The fourth-order valence-electron chi connectivity index (χ4n) is 3.15. The molecule has 3 rings (SSSR count). The van der Waals surface area contributed by atoms with Crippen LogP contribution in [0.15, 0.2) is 43.1 Å². The van der Waals surface area contributed by atoms with Crippen LogP contribution in [0.2, 0.25) is 0 Å². The van der Waals surface area contributed by atoms with Crippen LogP contribution >= 0.6 is 0 Å². The number of carbonyl (C=O) groups excluding carboxylic acids is 2. The van der Waals surface area contributed by atoms with Gasteiger partial charge in [-0.15, -0.1) is 0 Å². The second-order valence-electron chi connectivity index (χ2n) is 6.95. The molecule has 1 atom stereocenters. The summed E-state index contributed by atoms with van der Waals surface area (Å²) in [5.74, 6) is -1.51. The molecule has 0 unspecified atom stereocenters. The third-order valence-corrected chi connectivity index (χ3v) is 4.73. The van der Waals surface area contributed by atoms with E-state index in [2.05, 4.69) is 32.5 Å². The molecule has 170 valence electrons. The van der Waals surface area contributed by atoms with Crippen molar-refractivity contribution in [3.8, 4) is 0 Å². The first-order valence-electron chi connectivity index (χ1n) is 9.60. The average molecular weight is 450 g/mol. The number of nitrogens with one attached hydrogen (secondary N) is 3. The highest BCUT2D eigenvalue weighted by atomic mass is 19.4. The second-order valence-corrected chi connectivity index (χ2v) is 6.95. The Morgan fingerprint density at radius 3 is 2.66 bits per heavy atom. The van der Waals surface area contributed by atoms with Crippen LogP contribution < -0.4 is 16.0 Å². The van der Waals surface area contributed by atoms with E-state index in [9.17, 15) is 22.8 Å². The first kappa shape index (κ1) is 23.0. The Labute approximate surface area is 181 Å². The van der Waals surface area contributed by atoms with E-state index in [1.807, 2.05) is 0 Å². The number of benzene rings is 1. The van der Waals surface area contributed by atoms with Crippen LogP contribution in [0.5, 0.6) is 0 Å². The van der Waals surface area contributed by atoms with Gasteiger partial charge in [-0.25, -0.2) is 4.98 Å². The SMILES string of the molecule is C=CC(=O)Nc1ccccc1Nc1nc(N[C@H]2CCN(C(=O)CO)C2)ncc1C(F)(F)F. The smallest absolute Gasteiger partial charge is 0.387 e.